The van der Waals surface area contributed by atoms with Crippen LogP contribution >= 0.6 is 0 Å². The highest BCUT2D eigenvalue weighted by atomic mass is 16.5. The van der Waals surface area contributed by atoms with Gasteiger partial charge < -0.3 is 10.1 Å². The van der Waals surface area contributed by atoms with E-state index in [2.05, 4.69) is 28.4 Å². The molecule has 138 valence electrons. The number of benzene rings is 1. The SMILES string of the molecule is COC(=O)[C@@H]1C[C@]2(C(C)=O)CCCN3CC[C@@]4(c5ccccc5N[C@@H]14)[C@@H]32. The molecule has 3 fully saturated rings. The summed E-state index contributed by atoms with van der Waals surface area (Å²) in [5, 5.41) is 3.67. The Kier molecular flexibility index (Phi) is 3.34. The summed E-state index contributed by atoms with van der Waals surface area (Å²) < 4.78 is 5.20. The number of fused-ring (bicyclic) bond motifs is 1. The average molecular weight is 354 g/mol. The van der Waals surface area contributed by atoms with Crippen molar-refractivity contribution in [2.75, 3.05) is 25.5 Å². The Balaban J connectivity index is 1.76. The highest BCUT2D eigenvalue weighted by Gasteiger charge is 2.71. The van der Waals surface area contributed by atoms with Gasteiger partial charge in [-0.05, 0) is 57.3 Å². The highest BCUT2D eigenvalue weighted by molar-refractivity contribution is 5.87. The van der Waals surface area contributed by atoms with Crippen LogP contribution in [-0.2, 0) is 19.7 Å². The minimum Gasteiger partial charge on any atom is -0.469 e. The lowest BCUT2D eigenvalue weighted by molar-refractivity contribution is -0.157. The van der Waals surface area contributed by atoms with Crippen molar-refractivity contribution in [3.63, 3.8) is 0 Å². The Bertz CT molecular complexity index is 793. The lowest BCUT2D eigenvalue weighted by Crippen LogP contribution is -2.69. The molecule has 1 saturated carbocycles. The molecule has 5 rings (SSSR count). The number of rotatable bonds is 2. The summed E-state index contributed by atoms with van der Waals surface area (Å²) in [6.45, 7) is 3.79. The van der Waals surface area contributed by atoms with Gasteiger partial charge in [-0.3, -0.25) is 14.5 Å². The zero-order chi connectivity index (χ0) is 18.1. The van der Waals surface area contributed by atoms with Gasteiger partial charge in [0.25, 0.3) is 0 Å². The smallest absolute Gasteiger partial charge is 0.310 e. The van der Waals surface area contributed by atoms with Crippen molar-refractivity contribution in [1.29, 1.82) is 0 Å². The second kappa shape index (κ2) is 5.32. The van der Waals surface area contributed by atoms with Crippen LogP contribution in [0.3, 0.4) is 0 Å². The molecule has 1 N–H and O–H groups in total. The Labute approximate surface area is 154 Å². The molecule has 5 nitrogen and oxygen atoms in total. The Hall–Kier alpha value is -1.88. The van der Waals surface area contributed by atoms with Crippen molar-refractivity contribution in [2.24, 2.45) is 11.3 Å². The maximum atomic E-state index is 13.0. The molecule has 4 aliphatic rings. The van der Waals surface area contributed by atoms with Crippen molar-refractivity contribution in [3.05, 3.63) is 29.8 Å². The van der Waals surface area contributed by atoms with E-state index in [-0.39, 0.29) is 35.2 Å². The molecule has 0 unspecified atom stereocenters. The number of piperidine rings is 1. The van der Waals surface area contributed by atoms with Crippen molar-refractivity contribution in [3.8, 4) is 0 Å². The molecule has 3 heterocycles. The largest absolute Gasteiger partial charge is 0.469 e. The summed E-state index contributed by atoms with van der Waals surface area (Å²) >= 11 is 0. The zero-order valence-corrected chi connectivity index (χ0v) is 15.5. The van der Waals surface area contributed by atoms with Crippen LogP contribution in [0.5, 0.6) is 0 Å². The van der Waals surface area contributed by atoms with E-state index < -0.39 is 5.41 Å². The first-order valence-electron chi connectivity index (χ1n) is 9.73. The fourth-order valence-corrected chi connectivity index (χ4v) is 6.89. The number of esters is 1. The van der Waals surface area contributed by atoms with E-state index in [9.17, 15) is 9.59 Å². The number of anilines is 1. The molecule has 1 spiro atoms. The molecular weight excluding hydrogens is 328 g/mol. The average Bonchev–Trinajstić information content (AvgIpc) is 3.21. The second-order valence-corrected chi connectivity index (χ2v) is 8.55. The molecule has 2 saturated heterocycles. The number of nitrogens with zero attached hydrogens (tertiary/aromatic N) is 1. The summed E-state index contributed by atoms with van der Waals surface area (Å²) in [4.78, 5) is 28.3. The third kappa shape index (κ3) is 1.75. The van der Waals surface area contributed by atoms with E-state index in [1.54, 1.807) is 6.92 Å². The van der Waals surface area contributed by atoms with E-state index in [0.29, 0.717) is 6.42 Å². The zero-order valence-electron chi connectivity index (χ0n) is 15.5. The lowest BCUT2D eigenvalue weighted by atomic mass is 9.49. The third-order valence-corrected chi connectivity index (χ3v) is 7.74. The molecular formula is C21H26N2O3. The fraction of sp³-hybridized carbons (Fsp3) is 0.619. The number of nitrogens with one attached hydrogen (secondary N) is 1. The Morgan fingerprint density at radius 1 is 1.23 bits per heavy atom. The van der Waals surface area contributed by atoms with Gasteiger partial charge in [-0.1, -0.05) is 18.2 Å². The van der Waals surface area contributed by atoms with Crippen LogP contribution in [0, 0.1) is 11.3 Å². The molecule has 26 heavy (non-hydrogen) atoms. The highest BCUT2D eigenvalue weighted by Crippen LogP contribution is 2.64. The third-order valence-electron chi connectivity index (χ3n) is 7.74. The first-order chi connectivity index (χ1) is 12.5. The van der Waals surface area contributed by atoms with Crippen LogP contribution in [0.25, 0.3) is 0 Å². The van der Waals surface area contributed by atoms with Gasteiger partial charge in [-0.2, -0.15) is 0 Å². The van der Waals surface area contributed by atoms with E-state index in [0.717, 1.165) is 38.0 Å². The van der Waals surface area contributed by atoms with Crippen LogP contribution in [0.2, 0.25) is 0 Å². The molecule has 1 aromatic carbocycles. The Morgan fingerprint density at radius 3 is 2.81 bits per heavy atom. The standard InChI is InChI=1S/C21H26N2O3/c1-13(24)20-8-5-10-23-11-9-21(19(20)23)15-6-3-4-7-16(15)22-17(21)14(12-20)18(25)26-2/h3-4,6-7,14,17,19,22H,5,8-12H2,1-2H3/t14-,17+,19+,20+,21+/m1/s1. The van der Waals surface area contributed by atoms with Crippen LogP contribution in [0.4, 0.5) is 5.69 Å². The molecule has 0 amide bonds. The minimum atomic E-state index is -0.441. The number of hydrogen-bond donors (Lipinski definition) is 1. The molecule has 3 aliphatic heterocycles. The van der Waals surface area contributed by atoms with Gasteiger partial charge in [-0.15, -0.1) is 0 Å². The predicted octanol–water partition coefficient (Wildman–Crippen LogP) is 2.35. The van der Waals surface area contributed by atoms with E-state index >= 15 is 0 Å². The number of ether oxygens (including phenoxy) is 1. The number of Topliss-reactive ketones (excluding diaryl/α,β-unsaturated/α-hetero) is 1. The maximum Gasteiger partial charge on any atom is 0.310 e. The number of hydrogen-bond acceptors (Lipinski definition) is 5. The summed E-state index contributed by atoms with van der Waals surface area (Å²) in [5.41, 5.74) is 1.79. The Morgan fingerprint density at radius 2 is 2.04 bits per heavy atom. The van der Waals surface area contributed by atoms with Gasteiger partial charge in [0.15, 0.2) is 0 Å². The molecule has 0 aromatic heterocycles. The molecule has 0 radical (unpaired) electrons. The fourth-order valence-electron chi connectivity index (χ4n) is 6.89. The predicted molar refractivity (Wildman–Crippen MR) is 98.0 cm³/mol. The van der Waals surface area contributed by atoms with Crippen molar-refractivity contribution in [1.82, 2.24) is 4.90 Å². The van der Waals surface area contributed by atoms with Gasteiger partial charge in [0, 0.05) is 22.6 Å². The van der Waals surface area contributed by atoms with E-state index in [4.69, 9.17) is 4.74 Å². The molecule has 5 atom stereocenters. The molecule has 1 aliphatic carbocycles. The van der Waals surface area contributed by atoms with Gasteiger partial charge in [0.05, 0.1) is 19.1 Å². The number of carbonyl (C=O) groups is 2. The van der Waals surface area contributed by atoms with Gasteiger partial charge in [0.1, 0.15) is 5.78 Å². The van der Waals surface area contributed by atoms with Crippen molar-refractivity contribution in [2.45, 2.75) is 50.1 Å². The van der Waals surface area contributed by atoms with Crippen molar-refractivity contribution >= 4 is 17.4 Å². The van der Waals surface area contributed by atoms with Gasteiger partial charge >= 0.3 is 5.97 Å². The van der Waals surface area contributed by atoms with Crippen LogP contribution < -0.4 is 5.32 Å². The first-order valence-corrected chi connectivity index (χ1v) is 9.73. The summed E-state index contributed by atoms with van der Waals surface area (Å²) in [7, 11) is 1.46. The first kappa shape index (κ1) is 16.3. The number of methoxy groups -OCH3 is 1. The maximum absolute atomic E-state index is 13.0. The number of para-hydroxylation sites is 1. The second-order valence-electron chi connectivity index (χ2n) is 8.55. The summed E-state index contributed by atoms with van der Waals surface area (Å²) in [5.74, 6) is -0.228. The summed E-state index contributed by atoms with van der Waals surface area (Å²) in [6.07, 6.45) is 3.51. The minimum absolute atomic E-state index is 0.00734. The number of carbonyl (C=O) groups excluding carboxylic acids is 2. The summed E-state index contributed by atoms with van der Waals surface area (Å²) in [6, 6.07) is 8.62. The van der Waals surface area contributed by atoms with Gasteiger partial charge in [-0.25, -0.2) is 0 Å². The molecule has 1 aromatic rings. The van der Waals surface area contributed by atoms with E-state index in [1.165, 1.54) is 12.7 Å². The van der Waals surface area contributed by atoms with Crippen LogP contribution in [-0.4, -0.2) is 48.9 Å². The monoisotopic (exact) mass is 354 g/mol. The van der Waals surface area contributed by atoms with Crippen LogP contribution in [0.1, 0.15) is 38.2 Å². The topological polar surface area (TPSA) is 58.6 Å². The van der Waals surface area contributed by atoms with Crippen molar-refractivity contribution < 1.29 is 14.3 Å². The lowest BCUT2D eigenvalue weighted by Gasteiger charge is -2.58. The number of ketones is 1. The molecule has 0 bridgehead atoms. The van der Waals surface area contributed by atoms with Gasteiger partial charge in [0.2, 0.25) is 0 Å². The molecule has 5 heteroatoms. The quantitative estimate of drug-likeness (QED) is 0.826. The normalized spacial score (nSPS) is 40.2. The van der Waals surface area contributed by atoms with E-state index in [1.807, 2.05) is 6.07 Å². The van der Waals surface area contributed by atoms with Crippen LogP contribution in [0.15, 0.2) is 24.3 Å².